The highest BCUT2D eigenvalue weighted by molar-refractivity contribution is 7.17. The number of oxime groups is 1. The third-order valence-corrected chi connectivity index (χ3v) is 4.18. The molecule has 0 aliphatic carbocycles. The Morgan fingerprint density at radius 1 is 1.42 bits per heavy atom. The van der Waals surface area contributed by atoms with Crippen LogP contribution in [0.2, 0.25) is 10.0 Å². The van der Waals surface area contributed by atoms with Crippen LogP contribution in [0.4, 0.5) is 10.8 Å². The largest absolute Gasteiger partial charge is 0.411 e. The average Bonchev–Trinajstić information content (AvgIpc) is 2.73. The molecule has 0 aliphatic rings. The number of nitrogens with one attached hydrogen (secondary N) is 1. The normalized spacial score (nSPS) is 11.7. The molecule has 19 heavy (non-hydrogen) atoms. The molecule has 0 saturated heterocycles. The predicted molar refractivity (Wildman–Crippen MR) is 80.6 cm³/mol. The zero-order valence-electron chi connectivity index (χ0n) is 10.2. The molecular weight excluding hydrogens is 305 g/mol. The van der Waals surface area contributed by atoms with Gasteiger partial charge in [0.1, 0.15) is 0 Å². The molecule has 4 nitrogen and oxygen atoms in total. The summed E-state index contributed by atoms with van der Waals surface area (Å²) in [6.45, 7) is 3.58. The molecule has 0 unspecified atom stereocenters. The van der Waals surface area contributed by atoms with Crippen LogP contribution in [-0.4, -0.2) is 15.9 Å². The van der Waals surface area contributed by atoms with Crippen molar-refractivity contribution in [3.05, 3.63) is 38.8 Å². The molecule has 2 rings (SSSR count). The Kier molecular flexibility index (Phi) is 4.29. The fourth-order valence-corrected chi connectivity index (χ4v) is 2.91. The fourth-order valence-electron chi connectivity index (χ4n) is 1.54. The van der Waals surface area contributed by atoms with Gasteiger partial charge in [-0.25, -0.2) is 4.98 Å². The summed E-state index contributed by atoms with van der Waals surface area (Å²) in [5.74, 6) is 0. The Morgan fingerprint density at radius 2 is 2.16 bits per heavy atom. The van der Waals surface area contributed by atoms with Gasteiger partial charge in [-0.05, 0) is 32.0 Å². The van der Waals surface area contributed by atoms with E-state index in [1.165, 1.54) is 11.3 Å². The molecule has 1 aromatic heterocycles. The van der Waals surface area contributed by atoms with Crippen molar-refractivity contribution in [1.29, 1.82) is 0 Å². The molecule has 2 N–H and O–H groups in total. The minimum atomic E-state index is 0.523. The van der Waals surface area contributed by atoms with Crippen LogP contribution in [0.15, 0.2) is 23.4 Å². The van der Waals surface area contributed by atoms with Crippen molar-refractivity contribution in [3.8, 4) is 0 Å². The minimum absolute atomic E-state index is 0.523. The number of nitrogens with zero attached hydrogens (tertiary/aromatic N) is 2. The maximum Gasteiger partial charge on any atom is 0.188 e. The van der Waals surface area contributed by atoms with Gasteiger partial charge in [-0.3, -0.25) is 0 Å². The SMILES string of the molecule is C/C(=N/O)c1sc(Nc2ccc(Cl)cc2Cl)nc1C. The Balaban J connectivity index is 2.29. The predicted octanol–water partition coefficient (Wildman–Crippen LogP) is 4.70. The fraction of sp³-hybridized carbons (Fsp3) is 0.167. The molecule has 0 fully saturated rings. The second-order valence-corrected chi connectivity index (χ2v) is 5.71. The first-order valence-corrected chi connectivity index (χ1v) is 6.97. The van der Waals surface area contributed by atoms with Gasteiger partial charge in [-0.1, -0.05) is 39.7 Å². The van der Waals surface area contributed by atoms with Gasteiger partial charge in [0.25, 0.3) is 0 Å². The molecule has 2 aromatic rings. The van der Waals surface area contributed by atoms with E-state index in [4.69, 9.17) is 28.4 Å². The van der Waals surface area contributed by atoms with Crippen molar-refractivity contribution in [2.75, 3.05) is 5.32 Å². The number of rotatable bonds is 3. The van der Waals surface area contributed by atoms with Crippen molar-refractivity contribution < 1.29 is 5.21 Å². The van der Waals surface area contributed by atoms with Crippen LogP contribution in [0, 0.1) is 6.92 Å². The van der Waals surface area contributed by atoms with E-state index in [1.54, 1.807) is 25.1 Å². The first-order valence-electron chi connectivity index (χ1n) is 5.40. The van der Waals surface area contributed by atoms with Crippen LogP contribution in [0.5, 0.6) is 0 Å². The second kappa shape index (κ2) is 5.77. The van der Waals surface area contributed by atoms with Crippen LogP contribution in [0.25, 0.3) is 0 Å². The van der Waals surface area contributed by atoms with E-state index in [0.29, 0.717) is 20.9 Å². The Labute approximate surface area is 124 Å². The first-order chi connectivity index (χ1) is 9.01. The maximum atomic E-state index is 8.80. The summed E-state index contributed by atoms with van der Waals surface area (Å²) in [7, 11) is 0. The van der Waals surface area contributed by atoms with E-state index < -0.39 is 0 Å². The molecular formula is C12H11Cl2N3OS. The highest BCUT2D eigenvalue weighted by Gasteiger charge is 2.11. The smallest absolute Gasteiger partial charge is 0.188 e. The molecule has 0 bridgehead atoms. The van der Waals surface area contributed by atoms with Crippen LogP contribution in [-0.2, 0) is 0 Å². The number of aromatic nitrogens is 1. The van der Waals surface area contributed by atoms with Crippen molar-refractivity contribution in [2.24, 2.45) is 5.16 Å². The molecule has 0 spiro atoms. The highest BCUT2D eigenvalue weighted by atomic mass is 35.5. The molecule has 1 aromatic carbocycles. The van der Waals surface area contributed by atoms with Gasteiger partial charge >= 0.3 is 0 Å². The summed E-state index contributed by atoms with van der Waals surface area (Å²) in [5.41, 5.74) is 2.06. The topological polar surface area (TPSA) is 57.5 Å². The third-order valence-electron chi connectivity index (χ3n) is 2.45. The van der Waals surface area contributed by atoms with E-state index in [2.05, 4.69) is 15.5 Å². The highest BCUT2D eigenvalue weighted by Crippen LogP contribution is 2.31. The van der Waals surface area contributed by atoms with E-state index >= 15 is 0 Å². The summed E-state index contributed by atoms with van der Waals surface area (Å²) < 4.78 is 0. The lowest BCUT2D eigenvalue weighted by Crippen LogP contribution is -1.92. The van der Waals surface area contributed by atoms with Crippen molar-refractivity contribution >= 4 is 51.1 Å². The van der Waals surface area contributed by atoms with E-state index in [1.807, 2.05) is 6.92 Å². The number of halogens is 2. The number of benzene rings is 1. The number of hydrogen-bond acceptors (Lipinski definition) is 5. The number of anilines is 2. The van der Waals surface area contributed by atoms with E-state index in [9.17, 15) is 0 Å². The lowest BCUT2D eigenvalue weighted by molar-refractivity contribution is 0.319. The lowest BCUT2D eigenvalue weighted by Gasteiger charge is -2.04. The van der Waals surface area contributed by atoms with Gasteiger partial charge in [-0.2, -0.15) is 0 Å². The van der Waals surface area contributed by atoms with Crippen molar-refractivity contribution in [1.82, 2.24) is 4.98 Å². The lowest BCUT2D eigenvalue weighted by atomic mass is 10.3. The zero-order valence-corrected chi connectivity index (χ0v) is 12.6. The zero-order chi connectivity index (χ0) is 14.0. The number of aryl methyl sites for hydroxylation is 1. The van der Waals surface area contributed by atoms with Crippen LogP contribution < -0.4 is 5.32 Å². The summed E-state index contributed by atoms with van der Waals surface area (Å²) in [6.07, 6.45) is 0. The molecule has 0 radical (unpaired) electrons. The van der Waals surface area contributed by atoms with Crippen molar-refractivity contribution in [2.45, 2.75) is 13.8 Å². The van der Waals surface area contributed by atoms with Gasteiger partial charge < -0.3 is 10.5 Å². The third kappa shape index (κ3) is 3.18. The quantitative estimate of drug-likeness (QED) is 0.490. The van der Waals surface area contributed by atoms with Gasteiger partial charge in [0.2, 0.25) is 0 Å². The minimum Gasteiger partial charge on any atom is -0.411 e. The van der Waals surface area contributed by atoms with E-state index in [0.717, 1.165) is 16.3 Å². The van der Waals surface area contributed by atoms with Gasteiger partial charge in [0.15, 0.2) is 5.13 Å². The summed E-state index contributed by atoms with van der Waals surface area (Å²) in [4.78, 5) is 5.19. The Hall–Kier alpha value is -1.30. The van der Waals surface area contributed by atoms with Crippen LogP contribution >= 0.6 is 34.5 Å². The Morgan fingerprint density at radius 3 is 2.79 bits per heavy atom. The van der Waals surface area contributed by atoms with Crippen LogP contribution in [0.1, 0.15) is 17.5 Å². The summed E-state index contributed by atoms with van der Waals surface area (Å²) in [6, 6.07) is 5.19. The van der Waals surface area contributed by atoms with E-state index in [-0.39, 0.29) is 0 Å². The Bertz CT molecular complexity index is 640. The summed E-state index contributed by atoms with van der Waals surface area (Å²) >= 11 is 13.3. The van der Waals surface area contributed by atoms with Crippen LogP contribution in [0.3, 0.4) is 0 Å². The standard InChI is InChI=1S/C12H11Cl2N3OS/c1-6-11(7(2)17-18)19-12(15-6)16-10-4-3-8(13)5-9(10)14/h3-5,18H,1-2H3,(H,15,16)/b17-7-. The first kappa shape index (κ1) is 14.1. The molecule has 7 heteroatoms. The molecule has 0 saturated carbocycles. The molecule has 1 heterocycles. The average molecular weight is 316 g/mol. The molecule has 0 atom stereocenters. The van der Waals surface area contributed by atoms with Gasteiger partial charge in [0, 0.05) is 5.02 Å². The maximum absolute atomic E-state index is 8.80. The van der Waals surface area contributed by atoms with Gasteiger partial charge in [0.05, 0.1) is 27.0 Å². The summed E-state index contributed by atoms with van der Waals surface area (Å²) in [5, 5.41) is 16.9. The molecule has 0 aliphatic heterocycles. The molecule has 100 valence electrons. The number of hydrogen-bond donors (Lipinski definition) is 2. The molecule has 0 amide bonds. The monoisotopic (exact) mass is 315 g/mol. The number of thiazole rings is 1. The van der Waals surface area contributed by atoms with Gasteiger partial charge in [-0.15, -0.1) is 0 Å². The second-order valence-electron chi connectivity index (χ2n) is 3.87. The van der Waals surface area contributed by atoms with Crippen molar-refractivity contribution in [3.63, 3.8) is 0 Å².